The number of fused-ring (bicyclic) bond motifs is 1. The average Bonchev–Trinajstić information content (AvgIpc) is 3.37. The van der Waals surface area contributed by atoms with Crippen LogP contribution in [0.2, 0.25) is 0 Å². The molecule has 4 aromatic rings. The van der Waals surface area contributed by atoms with Gasteiger partial charge in [-0.3, -0.25) is 0 Å². The van der Waals surface area contributed by atoms with E-state index in [1.807, 2.05) is 14.0 Å². The summed E-state index contributed by atoms with van der Waals surface area (Å²) in [7, 11) is 1.87. The van der Waals surface area contributed by atoms with Crippen LogP contribution < -0.4 is 0 Å². The fourth-order valence-corrected chi connectivity index (χ4v) is 5.82. The SMILES string of the molecule is CCCC(CCC)c1cc(C)nc2c(-c3sc(-c4ncnn4C)nc3Br)c(C)nn12.Cl. The zero-order valence-electron chi connectivity index (χ0n) is 18.4. The molecule has 4 aromatic heterocycles. The van der Waals surface area contributed by atoms with Gasteiger partial charge in [-0.15, -0.1) is 23.7 Å². The maximum absolute atomic E-state index is 4.93. The molecule has 0 aliphatic carbocycles. The third-order valence-electron chi connectivity index (χ3n) is 5.33. The highest BCUT2D eigenvalue weighted by molar-refractivity contribution is 9.10. The number of halogens is 2. The van der Waals surface area contributed by atoms with Gasteiger partial charge >= 0.3 is 0 Å². The Kier molecular flexibility index (Phi) is 7.49. The number of hydrogen-bond donors (Lipinski definition) is 0. The van der Waals surface area contributed by atoms with E-state index in [0.29, 0.717) is 5.92 Å². The number of thiazole rings is 1. The van der Waals surface area contributed by atoms with Crippen molar-refractivity contribution in [2.75, 3.05) is 0 Å². The van der Waals surface area contributed by atoms with Crippen molar-refractivity contribution in [1.29, 1.82) is 0 Å². The first-order valence-electron chi connectivity index (χ1n) is 10.3. The van der Waals surface area contributed by atoms with E-state index >= 15 is 0 Å². The number of aromatic nitrogens is 7. The molecule has 4 rings (SSSR count). The van der Waals surface area contributed by atoms with Gasteiger partial charge in [-0.25, -0.2) is 24.1 Å². The van der Waals surface area contributed by atoms with Crippen molar-refractivity contribution >= 4 is 45.3 Å². The van der Waals surface area contributed by atoms with Gasteiger partial charge < -0.3 is 0 Å². The molecular weight excluding hydrogens is 498 g/mol. The van der Waals surface area contributed by atoms with Gasteiger partial charge in [-0.05, 0) is 48.7 Å². The second-order valence-electron chi connectivity index (χ2n) is 7.64. The lowest BCUT2D eigenvalue weighted by Gasteiger charge is -2.17. The largest absolute Gasteiger partial charge is 0.247 e. The van der Waals surface area contributed by atoms with Crippen LogP contribution in [-0.2, 0) is 7.05 Å². The smallest absolute Gasteiger partial charge is 0.187 e. The van der Waals surface area contributed by atoms with Crippen LogP contribution in [0.1, 0.15) is 62.5 Å². The Morgan fingerprint density at radius 3 is 2.45 bits per heavy atom. The van der Waals surface area contributed by atoms with Gasteiger partial charge in [0.05, 0.1) is 16.1 Å². The van der Waals surface area contributed by atoms with E-state index < -0.39 is 0 Å². The lowest BCUT2D eigenvalue weighted by Crippen LogP contribution is -2.08. The van der Waals surface area contributed by atoms with E-state index in [0.717, 1.165) is 68.6 Å². The summed E-state index contributed by atoms with van der Waals surface area (Å²) in [5.41, 5.74) is 5.16. The molecule has 166 valence electrons. The summed E-state index contributed by atoms with van der Waals surface area (Å²) in [5, 5.41) is 9.91. The van der Waals surface area contributed by atoms with E-state index in [9.17, 15) is 0 Å². The summed E-state index contributed by atoms with van der Waals surface area (Å²) < 4.78 is 4.58. The van der Waals surface area contributed by atoms with Crippen LogP contribution in [0.4, 0.5) is 0 Å². The third kappa shape index (κ3) is 4.40. The average molecular weight is 525 g/mol. The Balaban J connectivity index is 0.00000272. The molecule has 0 spiro atoms. The minimum absolute atomic E-state index is 0. The van der Waals surface area contributed by atoms with Crippen LogP contribution in [0.3, 0.4) is 0 Å². The van der Waals surface area contributed by atoms with Crippen molar-refractivity contribution < 1.29 is 0 Å². The third-order valence-corrected chi connectivity index (χ3v) is 7.23. The van der Waals surface area contributed by atoms with Crippen LogP contribution in [-0.4, -0.2) is 34.3 Å². The summed E-state index contributed by atoms with van der Waals surface area (Å²) in [4.78, 5) is 15.0. The highest BCUT2D eigenvalue weighted by atomic mass is 79.9. The van der Waals surface area contributed by atoms with Crippen LogP contribution in [0, 0.1) is 13.8 Å². The molecule has 7 nitrogen and oxygen atoms in total. The molecule has 0 N–H and O–H groups in total. The molecule has 0 amide bonds. The first-order valence-corrected chi connectivity index (χ1v) is 11.9. The Morgan fingerprint density at radius 1 is 1.13 bits per heavy atom. The van der Waals surface area contributed by atoms with Crippen LogP contribution in [0.5, 0.6) is 0 Å². The zero-order valence-corrected chi connectivity index (χ0v) is 21.6. The first kappa shape index (κ1) is 23.8. The van der Waals surface area contributed by atoms with Gasteiger partial charge in [0.1, 0.15) is 10.9 Å². The van der Waals surface area contributed by atoms with Gasteiger partial charge in [0, 0.05) is 24.4 Å². The normalized spacial score (nSPS) is 11.5. The fraction of sp³-hybridized carbons (Fsp3) is 0.476. The number of aryl methyl sites for hydroxylation is 3. The summed E-state index contributed by atoms with van der Waals surface area (Å²) in [6, 6.07) is 2.20. The Bertz CT molecular complexity index is 1190. The van der Waals surface area contributed by atoms with Crippen molar-refractivity contribution in [2.24, 2.45) is 7.05 Å². The predicted octanol–water partition coefficient (Wildman–Crippen LogP) is 6.13. The van der Waals surface area contributed by atoms with Crippen LogP contribution >= 0.6 is 39.7 Å². The predicted molar refractivity (Wildman–Crippen MR) is 131 cm³/mol. The molecule has 4 heterocycles. The van der Waals surface area contributed by atoms with Crippen molar-refractivity contribution in [2.45, 2.75) is 59.3 Å². The Morgan fingerprint density at radius 2 is 1.84 bits per heavy atom. The minimum Gasteiger partial charge on any atom is -0.247 e. The molecule has 0 atom stereocenters. The standard InChI is InChI=1S/C21H26BrN7S.ClH/c1-6-8-14(9-7-2)15-10-12(3)25-19-16(13(4)27-29(15)19)17-18(22)26-21(30-17)20-23-11-24-28(20)5;/h10-11,14H,6-9H2,1-5H3;1H. The highest BCUT2D eigenvalue weighted by Gasteiger charge is 2.24. The van der Waals surface area contributed by atoms with Crippen molar-refractivity contribution in [3.8, 4) is 21.3 Å². The molecule has 0 saturated carbocycles. The number of hydrogen-bond acceptors (Lipinski definition) is 6. The molecule has 0 aliphatic heterocycles. The topological polar surface area (TPSA) is 73.8 Å². The monoisotopic (exact) mass is 523 g/mol. The van der Waals surface area contributed by atoms with E-state index in [4.69, 9.17) is 15.1 Å². The van der Waals surface area contributed by atoms with Crippen LogP contribution in [0.25, 0.3) is 26.9 Å². The van der Waals surface area contributed by atoms with Gasteiger partial charge in [-0.1, -0.05) is 26.7 Å². The van der Waals surface area contributed by atoms with E-state index in [1.165, 1.54) is 5.69 Å². The number of nitrogens with zero attached hydrogens (tertiary/aromatic N) is 7. The van der Waals surface area contributed by atoms with E-state index in [-0.39, 0.29) is 12.4 Å². The molecule has 31 heavy (non-hydrogen) atoms. The maximum atomic E-state index is 4.93. The quantitative estimate of drug-likeness (QED) is 0.290. The van der Waals surface area contributed by atoms with Crippen molar-refractivity contribution in [3.05, 3.63) is 34.1 Å². The van der Waals surface area contributed by atoms with E-state index in [2.05, 4.69) is 57.4 Å². The molecule has 0 aliphatic rings. The summed E-state index contributed by atoms with van der Waals surface area (Å²) in [5.74, 6) is 1.23. The maximum Gasteiger partial charge on any atom is 0.187 e. The summed E-state index contributed by atoms with van der Waals surface area (Å²) in [6.45, 7) is 8.61. The fourth-order valence-electron chi connectivity index (χ4n) is 4.01. The second kappa shape index (κ2) is 9.75. The molecule has 0 aromatic carbocycles. The summed E-state index contributed by atoms with van der Waals surface area (Å²) >= 11 is 5.25. The molecule has 0 radical (unpaired) electrons. The molecule has 0 bridgehead atoms. The van der Waals surface area contributed by atoms with Gasteiger partial charge in [0.2, 0.25) is 0 Å². The Labute approximate surface area is 200 Å². The first-order chi connectivity index (χ1) is 14.4. The lowest BCUT2D eigenvalue weighted by molar-refractivity contribution is 0.533. The molecule has 0 fully saturated rings. The van der Waals surface area contributed by atoms with Gasteiger partial charge in [0.15, 0.2) is 16.5 Å². The Hall–Kier alpha value is -1.84. The van der Waals surface area contributed by atoms with Crippen molar-refractivity contribution in [1.82, 2.24) is 34.3 Å². The van der Waals surface area contributed by atoms with Crippen LogP contribution in [0.15, 0.2) is 17.0 Å². The molecule has 0 unspecified atom stereocenters. The summed E-state index contributed by atoms with van der Waals surface area (Å²) in [6.07, 6.45) is 6.16. The highest BCUT2D eigenvalue weighted by Crippen LogP contribution is 2.41. The number of rotatable bonds is 7. The van der Waals surface area contributed by atoms with E-state index in [1.54, 1.807) is 22.3 Å². The van der Waals surface area contributed by atoms with Gasteiger partial charge in [-0.2, -0.15) is 10.2 Å². The molecule has 0 saturated heterocycles. The molecule has 10 heteroatoms. The molecular formula is C21H27BrClN7S. The van der Waals surface area contributed by atoms with Gasteiger partial charge in [0.25, 0.3) is 0 Å². The lowest BCUT2D eigenvalue weighted by atomic mass is 9.94. The van der Waals surface area contributed by atoms with Crippen molar-refractivity contribution in [3.63, 3.8) is 0 Å². The second-order valence-corrected chi connectivity index (χ2v) is 9.39. The zero-order chi connectivity index (χ0) is 21.4. The minimum atomic E-state index is 0.